The van der Waals surface area contributed by atoms with E-state index in [1.165, 1.54) is 5.56 Å². The minimum Gasteiger partial charge on any atom is -0.710 e. The van der Waals surface area contributed by atoms with E-state index in [9.17, 15) is 5.21 Å². The zero-order chi connectivity index (χ0) is 17.9. The molecule has 0 aliphatic heterocycles. The SMILES string of the molecule is C[C@H](c1ccccc1)n1c[n+]([O-])c(-c2ccccc2)c1-c1ccccc1. The van der Waals surface area contributed by atoms with E-state index in [2.05, 4.69) is 35.8 Å². The monoisotopic (exact) mass is 340 g/mol. The maximum Gasteiger partial charge on any atom is 0.248 e. The molecule has 3 aromatic carbocycles. The van der Waals surface area contributed by atoms with E-state index in [4.69, 9.17) is 0 Å². The van der Waals surface area contributed by atoms with Gasteiger partial charge in [0.25, 0.3) is 0 Å². The summed E-state index contributed by atoms with van der Waals surface area (Å²) < 4.78 is 3.05. The third-order valence-corrected chi connectivity index (χ3v) is 4.73. The third kappa shape index (κ3) is 2.88. The molecule has 1 aromatic heterocycles. The van der Waals surface area contributed by atoms with Gasteiger partial charge < -0.3 is 5.21 Å². The van der Waals surface area contributed by atoms with Gasteiger partial charge in [-0.3, -0.25) is 0 Å². The lowest BCUT2D eigenvalue weighted by atomic mass is 10.0. The fraction of sp³-hybridized carbons (Fsp3) is 0.0870. The van der Waals surface area contributed by atoms with Crippen LogP contribution in [0.1, 0.15) is 18.5 Å². The van der Waals surface area contributed by atoms with Crippen molar-refractivity contribution in [2.45, 2.75) is 13.0 Å². The summed E-state index contributed by atoms with van der Waals surface area (Å²) in [5.41, 5.74) is 4.73. The zero-order valence-electron chi connectivity index (χ0n) is 14.6. The van der Waals surface area contributed by atoms with Crippen molar-refractivity contribution in [3.8, 4) is 22.5 Å². The van der Waals surface area contributed by atoms with Crippen molar-refractivity contribution in [2.24, 2.45) is 0 Å². The fourth-order valence-corrected chi connectivity index (χ4v) is 3.38. The molecule has 0 N–H and O–H groups in total. The summed E-state index contributed by atoms with van der Waals surface area (Å²) in [4.78, 5) is 0. The summed E-state index contributed by atoms with van der Waals surface area (Å²) in [6.07, 6.45) is 1.66. The van der Waals surface area contributed by atoms with Crippen molar-refractivity contribution in [1.82, 2.24) is 4.57 Å². The van der Waals surface area contributed by atoms with Gasteiger partial charge in [0.15, 0.2) is 11.4 Å². The average Bonchev–Trinajstić information content (AvgIpc) is 3.06. The van der Waals surface area contributed by atoms with Crippen LogP contribution in [-0.2, 0) is 0 Å². The van der Waals surface area contributed by atoms with Gasteiger partial charge >= 0.3 is 0 Å². The number of hydrogen-bond donors (Lipinski definition) is 0. The van der Waals surface area contributed by atoms with Crippen molar-refractivity contribution in [3.05, 3.63) is 108 Å². The molecule has 1 atom stereocenters. The molecule has 4 rings (SSSR count). The first-order valence-corrected chi connectivity index (χ1v) is 8.75. The molecule has 4 aromatic rings. The summed E-state index contributed by atoms with van der Waals surface area (Å²) in [7, 11) is 0. The highest BCUT2D eigenvalue weighted by molar-refractivity contribution is 5.76. The smallest absolute Gasteiger partial charge is 0.248 e. The van der Waals surface area contributed by atoms with Crippen LogP contribution in [0.3, 0.4) is 0 Å². The van der Waals surface area contributed by atoms with E-state index < -0.39 is 0 Å². The van der Waals surface area contributed by atoms with Gasteiger partial charge in [0.1, 0.15) is 6.04 Å². The van der Waals surface area contributed by atoms with Gasteiger partial charge in [-0.05, 0) is 12.5 Å². The van der Waals surface area contributed by atoms with E-state index in [0.717, 1.165) is 21.6 Å². The lowest BCUT2D eigenvalue weighted by molar-refractivity contribution is -0.593. The maximum absolute atomic E-state index is 12.9. The Morgan fingerprint density at radius 1 is 0.731 bits per heavy atom. The molecule has 26 heavy (non-hydrogen) atoms. The van der Waals surface area contributed by atoms with Crippen molar-refractivity contribution < 1.29 is 4.73 Å². The second-order valence-electron chi connectivity index (χ2n) is 6.36. The number of hydrogen-bond acceptors (Lipinski definition) is 1. The molecule has 128 valence electrons. The van der Waals surface area contributed by atoms with E-state index >= 15 is 0 Å². The van der Waals surface area contributed by atoms with Crippen LogP contribution in [0.5, 0.6) is 0 Å². The number of aromatic nitrogens is 2. The molecule has 0 saturated heterocycles. The van der Waals surface area contributed by atoms with E-state index in [1.54, 1.807) is 6.33 Å². The van der Waals surface area contributed by atoms with Crippen molar-refractivity contribution in [2.75, 3.05) is 0 Å². The summed E-state index contributed by atoms with van der Waals surface area (Å²) in [6.45, 7) is 2.12. The van der Waals surface area contributed by atoms with Crippen LogP contribution in [0.15, 0.2) is 97.3 Å². The second-order valence-corrected chi connectivity index (χ2v) is 6.36. The molecular formula is C23H20N2O. The summed E-state index contributed by atoms with van der Waals surface area (Å²) in [6, 6.07) is 30.2. The zero-order valence-corrected chi connectivity index (χ0v) is 14.6. The molecule has 0 saturated carbocycles. The Morgan fingerprint density at radius 2 is 1.23 bits per heavy atom. The largest absolute Gasteiger partial charge is 0.710 e. The van der Waals surface area contributed by atoms with E-state index in [0.29, 0.717) is 5.69 Å². The van der Waals surface area contributed by atoms with Gasteiger partial charge in [-0.25, -0.2) is 9.30 Å². The highest BCUT2D eigenvalue weighted by Gasteiger charge is 2.27. The second kappa shape index (κ2) is 6.89. The Kier molecular flexibility index (Phi) is 4.28. The lowest BCUT2D eigenvalue weighted by Gasteiger charge is -2.12. The van der Waals surface area contributed by atoms with Gasteiger partial charge in [0.05, 0.1) is 0 Å². The first-order chi connectivity index (χ1) is 12.8. The molecule has 1 heterocycles. The number of imidazole rings is 1. The molecular weight excluding hydrogens is 320 g/mol. The molecule has 3 heteroatoms. The summed E-state index contributed by atoms with van der Waals surface area (Å²) in [5, 5.41) is 12.9. The highest BCUT2D eigenvalue weighted by atomic mass is 16.5. The van der Waals surface area contributed by atoms with Crippen LogP contribution < -0.4 is 4.73 Å². The average molecular weight is 340 g/mol. The molecule has 0 radical (unpaired) electrons. The van der Waals surface area contributed by atoms with Gasteiger partial charge in [0.2, 0.25) is 6.33 Å². The van der Waals surface area contributed by atoms with Crippen molar-refractivity contribution in [3.63, 3.8) is 0 Å². The van der Waals surface area contributed by atoms with Crippen LogP contribution >= 0.6 is 0 Å². The van der Waals surface area contributed by atoms with Gasteiger partial charge in [-0.15, -0.1) is 0 Å². The van der Waals surface area contributed by atoms with Crippen LogP contribution in [0.4, 0.5) is 0 Å². The molecule has 0 aliphatic carbocycles. The normalized spacial score (nSPS) is 12.0. The molecule has 0 fully saturated rings. The third-order valence-electron chi connectivity index (χ3n) is 4.73. The Hall–Kier alpha value is -3.33. The Morgan fingerprint density at radius 3 is 1.81 bits per heavy atom. The Balaban J connectivity index is 1.96. The summed E-state index contributed by atoms with van der Waals surface area (Å²) >= 11 is 0. The van der Waals surface area contributed by atoms with Gasteiger partial charge in [-0.1, -0.05) is 91.0 Å². The number of rotatable bonds is 4. The van der Waals surface area contributed by atoms with Crippen LogP contribution in [0, 0.1) is 5.21 Å². The lowest BCUT2D eigenvalue weighted by Crippen LogP contribution is -2.26. The first-order valence-electron chi connectivity index (χ1n) is 8.75. The Bertz CT molecular complexity index is 993. The molecule has 0 spiro atoms. The standard InChI is InChI=1S/C23H20N2O/c1-18(19-11-5-2-6-12-19)24-17-25(26)23(21-15-9-4-10-16-21)22(24)20-13-7-3-8-14-20/h2-18H,1H3/t18-/m1/s1. The van der Waals surface area contributed by atoms with E-state index in [1.807, 2.05) is 66.7 Å². The minimum absolute atomic E-state index is 0.0454. The first kappa shape index (κ1) is 16.2. The van der Waals surface area contributed by atoms with Crippen molar-refractivity contribution in [1.29, 1.82) is 0 Å². The van der Waals surface area contributed by atoms with Crippen LogP contribution in [0.25, 0.3) is 22.5 Å². The molecule has 0 aliphatic rings. The predicted octanol–water partition coefficient (Wildman–Crippen LogP) is 5.06. The number of nitrogens with zero attached hydrogens (tertiary/aromatic N) is 2. The van der Waals surface area contributed by atoms with Crippen molar-refractivity contribution >= 4 is 0 Å². The molecule has 3 nitrogen and oxygen atoms in total. The molecule has 0 bridgehead atoms. The van der Waals surface area contributed by atoms with Gasteiger partial charge in [0, 0.05) is 11.1 Å². The summed E-state index contributed by atoms with van der Waals surface area (Å²) in [5.74, 6) is 0. The van der Waals surface area contributed by atoms with Crippen LogP contribution in [-0.4, -0.2) is 4.57 Å². The quantitative estimate of drug-likeness (QED) is 0.377. The number of benzene rings is 3. The fourth-order valence-electron chi connectivity index (χ4n) is 3.38. The minimum atomic E-state index is 0.0454. The predicted molar refractivity (Wildman–Crippen MR) is 105 cm³/mol. The molecule has 0 unspecified atom stereocenters. The molecule has 0 amide bonds. The topological polar surface area (TPSA) is 31.9 Å². The van der Waals surface area contributed by atoms with Gasteiger partial charge in [-0.2, -0.15) is 0 Å². The Labute approximate surface area is 153 Å². The van der Waals surface area contributed by atoms with E-state index in [-0.39, 0.29) is 6.04 Å². The van der Waals surface area contributed by atoms with Crippen LogP contribution in [0.2, 0.25) is 0 Å². The maximum atomic E-state index is 12.9. The highest BCUT2D eigenvalue weighted by Crippen LogP contribution is 2.33.